The molecule has 1 fully saturated rings. The van der Waals surface area contributed by atoms with Gasteiger partial charge in [-0.25, -0.2) is 8.42 Å². The highest BCUT2D eigenvalue weighted by atomic mass is 32.2. The zero-order valence-corrected chi connectivity index (χ0v) is 13.5. The van der Waals surface area contributed by atoms with Gasteiger partial charge in [0.1, 0.15) is 0 Å². The number of sulfonamides is 1. The van der Waals surface area contributed by atoms with Crippen LogP contribution < -0.4 is 10.6 Å². The Hall–Kier alpha value is -1.22. The first-order valence-electron chi connectivity index (χ1n) is 6.77. The Morgan fingerprint density at radius 3 is 2.76 bits per heavy atom. The Balaban J connectivity index is 2.17. The minimum absolute atomic E-state index is 0.258. The highest BCUT2D eigenvalue weighted by Crippen LogP contribution is 2.20. The lowest BCUT2D eigenvalue weighted by atomic mass is 10.3. The Labute approximate surface area is 130 Å². The van der Waals surface area contributed by atoms with Crippen molar-refractivity contribution >= 4 is 33.0 Å². The van der Waals surface area contributed by atoms with Crippen LogP contribution in [0, 0.1) is 0 Å². The third kappa shape index (κ3) is 4.13. The highest BCUT2D eigenvalue weighted by molar-refractivity contribution is 7.89. The zero-order chi connectivity index (χ0) is 15.3. The molecule has 1 aliphatic heterocycles. The summed E-state index contributed by atoms with van der Waals surface area (Å²) in [4.78, 5) is 0.258. The van der Waals surface area contributed by atoms with Gasteiger partial charge in [-0.1, -0.05) is 6.07 Å². The van der Waals surface area contributed by atoms with E-state index in [4.69, 9.17) is 17.0 Å². The van der Waals surface area contributed by atoms with Gasteiger partial charge >= 0.3 is 0 Å². The Bertz CT molecular complexity index is 598. The smallest absolute Gasteiger partial charge is 0.243 e. The molecule has 0 amide bonds. The van der Waals surface area contributed by atoms with Crippen molar-refractivity contribution in [2.24, 2.45) is 0 Å². The fourth-order valence-electron chi connectivity index (χ4n) is 2.01. The van der Waals surface area contributed by atoms with Gasteiger partial charge in [-0.05, 0) is 37.3 Å². The van der Waals surface area contributed by atoms with Gasteiger partial charge in [0.2, 0.25) is 10.0 Å². The molecule has 0 unspecified atom stereocenters. The topological polar surface area (TPSA) is 70.7 Å². The number of anilines is 1. The molecule has 1 saturated heterocycles. The van der Waals surface area contributed by atoms with Crippen LogP contribution in [0.1, 0.15) is 6.92 Å². The second kappa shape index (κ2) is 7.17. The van der Waals surface area contributed by atoms with Crippen molar-refractivity contribution in [3.8, 4) is 0 Å². The average Bonchev–Trinajstić information content (AvgIpc) is 2.48. The van der Waals surface area contributed by atoms with Gasteiger partial charge in [-0.3, -0.25) is 0 Å². The van der Waals surface area contributed by atoms with Crippen molar-refractivity contribution in [2.45, 2.75) is 11.8 Å². The van der Waals surface area contributed by atoms with Gasteiger partial charge in [0.15, 0.2) is 5.11 Å². The van der Waals surface area contributed by atoms with E-state index in [0.29, 0.717) is 43.6 Å². The van der Waals surface area contributed by atoms with E-state index in [1.807, 2.05) is 6.92 Å². The SMILES string of the molecule is CCNC(=S)Nc1cccc(S(=O)(=O)N2CCOCC2)c1. The zero-order valence-electron chi connectivity index (χ0n) is 11.8. The summed E-state index contributed by atoms with van der Waals surface area (Å²) in [6.45, 7) is 4.28. The molecule has 0 aliphatic carbocycles. The largest absolute Gasteiger partial charge is 0.379 e. The van der Waals surface area contributed by atoms with Gasteiger partial charge in [-0.2, -0.15) is 4.31 Å². The van der Waals surface area contributed by atoms with Crippen molar-refractivity contribution in [3.63, 3.8) is 0 Å². The molecule has 0 atom stereocenters. The quantitative estimate of drug-likeness (QED) is 0.804. The predicted molar refractivity (Wildman–Crippen MR) is 85.9 cm³/mol. The third-order valence-corrected chi connectivity index (χ3v) is 5.18. The normalized spacial score (nSPS) is 16.4. The molecule has 8 heteroatoms. The summed E-state index contributed by atoms with van der Waals surface area (Å²) in [5, 5.41) is 6.40. The van der Waals surface area contributed by atoms with Crippen LogP contribution in [-0.2, 0) is 14.8 Å². The van der Waals surface area contributed by atoms with Crippen molar-refractivity contribution in [1.29, 1.82) is 0 Å². The van der Waals surface area contributed by atoms with Gasteiger partial charge in [0.25, 0.3) is 0 Å². The van der Waals surface area contributed by atoms with Crippen molar-refractivity contribution in [3.05, 3.63) is 24.3 Å². The second-order valence-corrected chi connectivity index (χ2v) is 6.87. The van der Waals surface area contributed by atoms with Gasteiger partial charge in [0, 0.05) is 25.3 Å². The lowest BCUT2D eigenvalue weighted by molar-refractivity contribution is 0.0730. The average molecular weight is 329 g/mol. The number of morpholine rings is 1. The minimum atomic E-state index is -3.48. The van der Waals surface area contributed by atoms with Crippen LogP contribution in [0.4, 0.5) is 5.69 Å². The van der Waals surface area contributed by atoms with Crippen LogP contribution in [-0.4, -0.2) is 50.7 Å². The van der Waals surface area contributed by atoms with E-state index in [-0.39, 0.29) is 4.90 Å². The molecular weight excluding hydrogens is 310 g/mol. The van der Waals surface area contributed by atoms with Gasteiger partial charge in [-0.15, -0.1) is 0 Å². The monoisotopic (exact) mass is 329 g/mol. The molecule has 116 valence electrons. The molecule has 0 saturated carbocycles. The van der Waals surface area contributed by atoms with E-state index in [0.717, 1.165) is 0 Å². The maximum absolute atomic E-state index is 12.5. The number of ether oxygens (including phenoxy) is 1. The fraction of sp³-hybridized carbons (Fsp3) is 0.462. The molecule has 1 heterocycles. The molecule has 21 heavy (non-hydrogen) atoms. The number of hydrogen-bond acceptors (Lipinski definition) is 4. The van der Waals surface area contributed by atoms with Crippen molar-refractivity contribution < 1.29 is 13.2 Å². The predicted octanol–water partition coefficient (Wildman–Crippen LogP) is 1.01. The molecule has 0 aromatic heterocycles. The summed E-state index contributed by atoms with van der Waals surface area (Å²) >= 11 is 5.10. The van der Waals surface area contributed by atoms with Crippen LogP contribution in [0.25, 0.3) is 0 Å². The van der Waals surface area contributed by atoms with Crippen LogP contribution in [0.5, 0.6) is 0 Å². The molecule has 0 radical (unpaired) electrons. The summed E-state index contributed by atoms with van der Waals surface area (Å²) in [5.41, 5.74) is 0.648. The number of thiocarbonyl (C=S) groups is 1. The van der Waals surface area contributed by atoms with Crippen LogP contribution in [0.2, 0.25) is 0 Å². The molecule has 2 rings (SSSR count). The standard InChI is InChI=1S/C13H19N3O3S2/c1-2-14-13(20)15-11-4-3-5-12(10-11)21(17,18)16-6-8-19-9-7-16/h3-5,10H,2,6-9H2,1H3,(H2,14,15,20). The molecule has 6 nitrogen and oxygen atoms in total. The third-order valence-electron chi connectivity index (χ3n) is 3.04. The van der Waals surface area contributed by atoms with E-state index in [9.17, 15) is 8.42 Å². The summed E-state index contributed by atoms with van der Waals surface area (Å²) in [6.07, 6.45) is 0. The number of hydrogen-bond donors (Lipinski definition) is 2. The number of benzene rings is 1. The molecule has 0 spiro atoms. The van der Waals surface area contributed by atoms with Crippen molar-refractivity contribution in [1.82, 2.24) is 9.62 Å². The Morgan fingerprint density at radius 1 is 1.38 bits per heavy atom. The molecular formula is C13H19N3O3S2. The molecule has 0 bridgehead atoms. The maximum atomic E-state index is 12.5. The van der Waals surface area contributed by atoms with E-state index < -0.39 is 10.0 Å². The molecule has 1 aromatic rings. The summed E-state index contributed by atoms with van der Waals surface area (Å²) in [7, 11) is -3.48. The highest BCUT2D eigenvalue weighted by Gasteiger charge is 2.26. The van der Waals surface area contributed by atoms with Crippen molar-refractivity contribution in [2.75, 3.05) is 38.2 Å². The first-order valence-corrected chi connectivity index (χ1v) is 8.61. The van der Waals surface area contributed by atoms with E-state index in [2.05, 4.69) is 10.6 Å². The first kappa shape index (κ1) is 16.2. The lowest BCUT2D eigenvalue weighted by Gasteiger charge is -2.26. The van der Waals surface area contributed by atoms with Crippen LogP contribution in [0.15, 0.2) is 29.2 Å². The number of nitrogens with one attached hydrogen (secondary N) is 2. The second-order valence-electron chi connectivity index (χ2n) is 4.53. The fourth-order valence-corrected chi connectivity index (χ4v) is 3.72. The molecule has 2 N–H and O–H groups in total. The number of rotatable bonds is 4. The first-order chi connectivity index (χ1) is 10.0. The summed E-state index contributed by atoms with van der Waals surface area (Å²) in [6, 6.07) is 6.66. The molecule has 1 aromatic carbocycles. The summed E-state index contributed by atoms with van der Waals surface area (Å²) < 4.78 is 31.7. The summed E-state index contributed by atoms with van der Waals surface area (Å²) in [5.74, 6) is 0. The lowest BCUT2D eigenvalue weighted by Crippen LogP contribution is -2.40. The Kier molecular flexibility index (Phi) is 5.51. The van der Waals surface area contributed by atoms with Gasteiger partial charge in [0.05, 0.1) is 18.1 Å². The van der Waals surface area contributed by atoms with Crippen LogP contribution >= 0.6 is 12.2 Å². The molecule has 1 aliphatic rings. The van der Waals surface area contributed by atoms with Gasteiger partial charge < -0.3 is 15.4 Å². The minimum Gasteiger partial charge on any atom is -0.379 e. The number of nitrogens with zero attached hydrogens (tertiary/aromatic N) is 1. The van der Waals surface area contributed by atoms with E-state index in [1.54, 1.807) is 24.3 Å². The van der Waals surface area contributed by atoms with E-state index >= 15 is 0 Å². The van der Waals surface area contributed by atoms with E-state index in [1.165, 1.54) is 4.31 Å². The maximum Gasteiger partial charge on any atom is 0.243 e. The van der Waals surface area contributed by atoms with Crippen LogP contribution in [0.3, 0.4) is 0 Å². The Morgan fingerprint density at radius 2 is 2.10 bits per heavy atom.